The number of amides is 1. The lowest BCUT2D eigenvalue weighted by Crippen LogP contribution is -2.52. The maximum Gasteiger partial charge on any atom is 0.240 e. The predicted octanol–water partition coefficient (Wildman–Crippen LogP) is 3.12. The zero-order valence-corrected chi connectivity index (χ0v) is 17.6. The molecule has 1 atom stereocenters. The van der Waals surface area contributed by atoms with Gasteiger partial charge in [0.15, 0.2) is 0 Å². The zero-order chi connectivity index (χ0) is 16.9. The molecule has 1 amide bonds. The summed E-state index contributed by atoms with van der Waals surface area (Å²) in [5.74, 6) is 1.04. The first kappa shape index (κ1) is 23.2. The summed E-state index contributed by atoms with van der Waals surface area (Å²) < 4.78 is 0. The lowest BCUT2D eigenvalue weighted by Gasteiger charge is -2.37. The van der Waals surface area contributed by atoms with Crippen LogP contribution in [-0.4, -0.2) is 54.5 Å². The van der Waals surface area contributed by atoms with Gasteiger partial charge in [0.1, 0.15) is 0 Å². The summed E-state index contributed by atoms with van der Waals surface area (Å²) in [6.45, 7) is 10.6. The van der Waals surface area contributed by atoms with Crippen molar-refractivity contribution in [3.8, 4) is 0 Å². The molecular weight excluding hydrogens is 369 g/mol. The van der Waals surface area contributed by atoms with E-state index >= 15 is 0 Å². The number of likely N-dealkylation sites (tertiary alicyclic amines) is 1. The van der Waals surface area contributed by atoms with Crippen molar-refractivity contribution in [2.45, 2.75) is 45.7 Å². The van der Waals surface area contributed by atoms with Crippen LogP contribution in [-0.2, 0) is 17.8 Å². The summed E-state index contributed by atoms with van der Waals surface area (Å²) >= 11 is 0. The van der Waals surface area contributed by atoms with Gasteiger partial charge in [-0.15, -0.1) is 24.8 Å². The number of hydrogen-bond donors (Lipinski definition) is 1. The molecule has 26 heavy (non-hydrogen) atoms. The molecule has 1 unspecified atom stereocenters. The number of nitrogens with one attached hydrogen (secondary N) is 1. The van der Waals surface area contributed by atoms with Crippen molar-refractivity contribution in [2.24, 2.45) is 5.92 Å². The molecule has 6 heteroatoms. The zero-order valence-electron chi connectivity index (χ0n) is 15.9. The lowest BCUT2D eigenvalue weighted by atomic mass is 9.93. The van der Waals surface area contributed by atoms with Crippen LogP contribution in [0.5, 0.6) is 0 Å². The lowest BCUT2D eigenvalue weighted by molar-refractivity contribution is -0.135. The van der Waals surface area contributed by atoms with Gasteiger partial charge in [0, 0.05) is 26.2 Å². The van der Waals surface area contributed by atoms with Gasteiger partial charge in [-0.3, -0.25) is 4.79 Å². The first-order valence-electron chi connectivity index (χ1n) is 9.52. The highest BCUT2D eigenvalue weighted by Crippen LogP contribution is 2.22. The molecule has 0 bridgehead atoms. The van der Waals surface area contributed by atoms with Crippen LogP contribution in [0.1, 0.15) is 37.8 Å². The highest BCUT2D eigenvalue weighted by atomic mass is 35.5. The Balaban J connectivity index is 0.00000169. The van der Waals surface area contributed by atoms with Crippen LogP contribution < -0.4 is 5.32 Å². The van der Waals surface area contributed by atoms with Gasteiger partial charge >= 0.3 is 0 Å². The predicted molar refractivity (Wildman–Crippen MR) is 112 cm³/mol. The second-order valence-electron chi connectivity index (χ2n) is 7.16. The summed E-state index contributed by atoms with van der Waals surface area (Å²) in [5, 5.41) is 3.43. The summed E-state index contributed by atoms with van der Waals surface area (Å²) in [6.07, 6.45) is 3.12. The Kier molecular flexibility index (Phi) is 9.94. The Labute approximate surface area is 170 Å². The minimum absolute atomic E-state index is 0. The average molecular weight is 402 g/mol. The summed E-state index contributed by atoms with van der Waals surface area (Å²) in [5.41, 5.74) is 2.66. The molecule has 0 saturated carbocycles. The van der Waals surface area contributed by atoms with Crippen LogP contribution in [0.2, 0.25) is 0 Å². The van der Waals surface area contributed by atoms with Gasteiger partial charge in [0.2, 0.25) is 5.91 Å². The summed E-state index contributed by atoms with van der Waals surface area (Å²) in [6, 6.07) is 8.42. The highest BCUT2D eigenvalue weighted by Gasteiger charge is 2.30. The number of nitrogens with zero attached hydrogens (tertiary/aromatic N) is 2. The van der Waals surface area contributed by atoms with Crippen LogP contribution >= 0.6 is 24.8 Å². The molecule has 1 saturated heterocycles. The van der Waals surface area contributed by atoms with Crippen molar-refractivity contribution in [2.75, 3.05) is 32.7 Å². The molecule has 0 aliphatic carbocycles. The Morgan fingerprint density at radius 2 is 1.73 bits per heavy atom. The van der Waals surface area contributed by atoms with Gasteiger partial charge < -0.3 is 15.1 Å². The number of carbonyl (C=O) groups excluding carboxylic acids is 1. The molecule has 1 fully saturated rings. The Morgan fingerprint density at radius 1 is 1.12 bits per heavy atom. The van der Waals surface area contributed by atoms with Gasteiger partial charge in [0.25, 0.3) is 0 Å². The molecular formula is C20H33Cl2N3O. The molecule has 1 aromatic rings. The van der Waals surface area contributed by atoms with Gasteiger partial charge in [0.05, 0.1) is 6.04 Å². The SMILES string of the molecule is CCN(CC)CC1CCN(C(=O)C2Cc3ccccc3CN2)CC1.Cl.Cl. The molecule has 148 valence electrons. The fourth-order valence-corrected chi connectivity index (χ4v) is 4.03. The van der Waals surface area contributed by atoms with Crippen molar-refractivity contribution < 1.29 is 4.79 Å². The van der Waals surface area contributed by atoms with Gasteiger partial charge in [-0.25, -0.2) is 0 Å². The molecule has 0 radical (unpaired) electrons. The number of halogens is 2. The average Bonchev–Trinajstić information content (AvgIpc) is 2.65. The third-order valence-corrected chi connectivity index (χ3v) is 5.72. The number of carbonyl (C=O) groups is 1. The van der Waals surface area contributed by atoms with Crippen molar-refractivity contribution in [1.82, 2.24) is 15.1 Å². The Bertz CT molecular complexity index is 558. The number of rotatable bonds is 5. The number of hydrogen-bond acceptors (Lipinski definition) is 3. The summed E-state index contributed by atoms with van der Waals surface area (Å²) in [4.78, 5) is 17.4. The van der Waals surface area contributed by atoms with Crippen LogP contribution in [0.25, 0.3) is 0 Å². The first-order chi connectivity index (χ1) is 11.7. The van der Waals surface area contributed by atoms with Gasteiger partial charge in [-0.2, -0.15) is 0 Å². The van der Waals surface area contributed by atoms with Crippen molar-refractivity contribution in [3.05, 3.63) is 35.4 Å². The van der Waals surface area contributed by atoms with Crippen LogP contribution in [0, 0.1) is 5.92 Å². The third kappa shape index (κ3) is 5.59. The van der Waals surface area contributed by atoms with Gasteiger partial charge in [-0.05, 0) is 49.4 Å². The third-order valence-electron chi connectivity index (χ3n) is 5.72. The number of fused-ring (bicyclic) bond motifs is 1. The van der Waals surface area contributed by atoms with E-state index < -0.39 is 0 Å². The highest BCUT2D eigenvalue weighted by molar-refractivity contribution is 5.85. The quantitative estimate of drug-likeness (QED) is 0.822. The van der Waals surface area contributed by atoms with Crippen molar-refractivity contribution in [1.29, 1.82) is 0 Å². The fourth-order valence-electron chi connectivity index (χ4n) is 4.03. The minimum atomic E-state index is -0.0424. The normalized spacial score (nSPS) is 20.1. The Hall–Kier alpha value is -0.810. The molecule has 2 aliphatic rings. The summed E-state index contributed by atoms with van der Waals surface area (Å²) in [7, 11) is 0. The monoisotopic (exact) mass is 401 g/mol. The first-order valence-corrected chi connectivity index (χ1v) is 9.52. The van der Waals surface area contributed by atoms with Crippen molar-refractivity contribution >= 4 is 30.7 Å². The topological polar surface area (TPSA) is 35.6 Å². The van der Waals surface area contributed by atoms with E-state index in [1.54, 1.807) is 0 Å². The van der Waals surface area contributed by atoms with Crippen LogP contribution in [0.3, 0.4) is 0 Å². The largest absolute Gasteiger partial charge is 0.341 e. The van der Waals surface area contributed by atoms with E-state index in [2.05, 4.69) is 53.2 Å². The molecule has 1 N–H and O–H groups in total. The molecule has 2 aliphatic heterocycles. The molecule has 2 heterocycles. The molecule has 4 nitrogen and oxygen atoms in total. The van der Waals surface area contributed by atoms with Gasteiger partial charge in [-0.1, -0.05) is 38.1 Å². The van der Waals surface area contributed by atoms with E-state index in [9.17, 15) is 4.79 Å². The Morgan fingerprint density at radius 3 is 2.35 bits per heavy atom. The number of piperidine rings is 1. The molecule has 0 spiro atoms. The molecule has 1 aromatic carbocycles. The molecule has 3 rings (SSSR count). The number of benzene rings is 1. The van der Waals surface area contributed by atoms with E-state index in [-0.39, 0.29) is 30.9 Å². The maximum atomic E-state index is 12.9. The minimum Gasteiger partial charge on any atom is -0.341 e. The van der Waals surface area contributed by atoms with E-state index in [0.717, 1.165) is 57.9 Å². The standard InChI is InChI=1S/C20H31N3O.2ClH/c1-3-22(4-2)15-16-9-11-23(12-10-16)20(24)19-13-17-7-5-6-8-18(17)14-21-19;;/h5-8,16,19,21H,3-4,9-15H2,1-2H3;2*1H. The maximum absolute atomic E-state index is 12.9. The fraction of sp³-hybridized carbons (Fsp3) is 0.650. The van der Waals surface area contributed by atoms with E-state index in [1.165, 1.54) is 17.7 Å². The van der Waals surface area contributed by atoms with E-state index in [1.807, 2.05) is 0 Å². The second-order valence-corrected chi connectivity index (χ2v) is 7.16. The molecule has 0 aromatic heterocycles. The van der Waals surface area contributed by atoms with E-state index in [0.29, 0.717) is 5.91 Å². The van der Waals surface area contributed by atoms with Crippen LogP contribution in [0.4, 0.5) is 0 Å². The van der Waals surface area contributed by atoms with E-state index in [4.69, 9.17) is 0 Å². The van der Waals surface area contributed by atoms with Crippen LogP contribution in [0.15, 0.2) is 24.3 Å². The second kappa shape index (κ2) is 11.1. The smallest absolute Gasteiger partial charge is 0.240 e. The van der Waals surface area contributed by atoms with Crippen molar-refractivity contribution in [3.63, 3.8) is 0 Å².